The van der Waals surface area contributed by atoms with Gasteiger partial charge in [0, 0.05) is 23.4 Å². The van der Waals surface area contributed by atoms with E-state index >= 15 is 0 Å². The summed E-state index contributed by atoms with van der Waals surface area (Å²) < 4.78 is 28.0. The number of amides is 1. The summed E-state index contributed by atoms with van der Waals surface area (Å²) in [5.74, 6) is -0.183. The molecule has 0 unspecified atom stereocenters. The summed E-state index contributed by atoms with van der Waals surface area (Å²) in [6.45, 7) is 0. The van der Waals surface area contributed by atoms with Crippen molar-refractivity contribution in [2.24, 2.45) is 0 Å². The van der Waals surface area contributed by atoms with E-state index in [2.05, 4.69) is 15.4 Å². The first-order chi connectivity index (χ1) is 13.1. The maximum Gasteiger partial charge on any atom is 0.280 e. The van der Waals surface area contributed by atoms with Crippen LogP contribution < -0.4 is 5.32 Å². The Morgan fingerprint density at radius 1 is 1.15 bits per heavy atom. The molecule has 1 saturated carbocycles. The third-order valence-corrected chi connectivity index (χ3v) is 5.28. The maximum absolute atomic E-state index is 13.5. The first-order valence-electron chi connectivity index (χ1n) is 9.20. The number of hydrogen-bond acceptors (Lipinski definition) is 3. The molecule has 0 bridgehead atoms. The average molecular weight is 368 g/mol. The van der Waals surface area contributed by atoms with Gasteiger partial charge < -0.3 is 5.32 Å². The van der Waals surface area contributed by atoms with E-state index in [9.17, 15) is 13.6 Å². The number of alkyl halides is 2. The molecule has 2 aliphatic rings. The Morgan fingerprint density at radius 2 is 1.96 bits per heavy atom. The van der Waals surface area contributed by atoms with Crippen LogP contribution in [0.4, 0.5) is 14.5 Å². The van der Waals surface area contributed by atoms with Gasteiger partial charge in [-0.2, -0.15) is 5.10 Å². The molecule has 0 atom stereocenters. The Bertz CT molecular complexity index is 1060. The van der Waals surface area contributed by atoms with E-state index in [1.165, 1.54) is 23.3 Å². The Kier molecular flexibility index (Phi) is 3.70. The summed E-state index contributed by atoms with van der Waals surface area (Å²) in [7, 11) is 0. The molecule has 1 aromatic carbocycles. The molecule has 27 heavy (non-hydrogen) atoms. The topological polar surface area (TPSA) is 59.3 Å². The van der Waals surface area contributed by atoms with Gasteiger partial charge in [-0.25, -0.2) is 18.3 Å². The molecule has 1 N–H and O–H groups in total. The minimum atomic E-state index is -2.68. The van der Waals surface area contributed by atoms with Crippen molar-refractivity contribution >= 4 is 17.2 Å². The normalized spacial score (nSPS) is 16.1. The fraction of sp³-hybridized carbons (Fsp3) is 0.350. The molecule has 2 aromatic heterocycles. The quantitative estimate of drug-likeness (QED) is 0.748. The number of rotatable bonds is 4. The highest BCUT2D eigenvalue weighted by Crippen LogP contribution is 2.40. The van der Waals surface area contributed by atoms with Gasteiger partial charge in [0.1, 0.15) is 5.69 Å². The maximum atomic E-state index is 13.5. The van der Waals surface area contributed by atoms with Crippen LogP contribution in [0.2, 0.25) is 0 Å². The van der Waals surface area contributed by atoms with E-state index in [0.29, 0.717) is 11.4 Å². The summed E-state index contributed by atoms with van der Waals surface area (Å²) in [6.07, 6.45) is 2.46. The molecule has 0 aliphatic heterocycles. The highest BCUT2D eigenvalue weighted by molar-refractivity contribution is 6.03. The van der Waals surface area contributed by atoms with Crippen molar-refractivity contribution in [2.45, 2.75) is 44.4 Å². The number of carbonyl (C=O) groups excluding carboxylic acids is 1. The average Bonchev–Trinajstić information content (AvgIpc) is 3.24. The molecule has 2 aliphatic carbocycles. The van der Waals surface area contributed by atoms with Gasteiger partial charge in [-0.3, -0.25) is 4.79 Å². The van der Waals surface area contributed by atoms with Crippen LogP contribution in [0, 0.1) is 0 Å². The molecule has 7 heteroatoms. The van der Waals surface area contributed by atoms with Crippen LogP contribution in [0.5, 0.6) is 0 Å². The third-order valence-electron chi connectivity index (χ3n) is 5.28. The second kappa shape index (κ2) is 6.11. The van der Waals surface area contributed by atoms with Crippen LogP contribution in [0.25, 0.3) is 5.65 Å². The highest BCUT2D eigenvalue weighted by Gasteiger charge is 2.28. The lowest BCUT2D eigenvalue weighted by Gasteiger charge is -2.06. The van der Waals surface area contributed by atoms with Gasteiger partial charge in [-0.05, 0) is 61.4 Å². The first-order valence-corrected chi connectivity index (χ1v) is 9.20. The van der Waals surface area contributed by atoms with Crippen molar-refractivity contribution in [3.8, 4) is 0 Å². The van der Waals surface area contributed by atoms with Crippen molar-refractivity contribution in [3.63, 3.8) is 0 Å². The molecule has 138 valence electrons. The van der Waals surface area contributed by atoms with E-state index in [1.54, 1.807) is 0 Å². The molecule has 0 radical (unpaired) electrons. The zero-order valence-electron chi connectivity index (χ0n) is 14.6. The summed E-state index contributed by atoms with van der Waals surface area (Å²) >= 11 is 0. The van der Waals surface area contributed by atoms with Crippen LogP contribution in [0.15, 0.2) is 30.3 Å². The van der Waals surface area contributed by atoms with Gasteiger partial charge in [0.15, 0.2) is 11.3 Å². The standard InChI is InChI=1S/C20H18F2N4O/c21-19(22)17-9-15(12-4-5-12)24-18-10-16(25-26(17)18)20(27)23-14-7-6-11-2-1-3-13(11)8-14/h6-10,12,19H,1-5H2,(H,23,27). The minimum Gasteiger partial charge on any atom is -0.321 e. The van der Waals surface area contributed by atoms with Crippen molar-refractivity contribution < 1.29 is 13.6 Å². The lowest BCUT2D eigenvalue weighted by molar-refractivity contribution is 0.102. The second-order valence-corrected chi connectivity index (χ2v) is 7.27. The molecule has 5 rings (SSSR count). The number of aromatic nitrogens is 3. The smallest absolute Gasteiger partial charge is 0.280 e. The molecule has 1 fully saturated rings. The zero-order chi connectivity index (χ0) is 18.5. The van der Waals surface area contributed by atoms with Crippen LogP contribution in [-0.4, -0.2) is 20.5 Å². The number of fused-ring (bicyclic) bond motifs is 2. The van der Waals surface area contributed by atoms with Crippen molar-refractivity contribution in [1.29, 1.82) is 0 Å². The fourth-order valence-corrected chi connectivity index (χ4v) is 3.72. The van der Waals surface area contributed by atoms with Gasteiger partial charge >= 0.3 is 0 Å². The number of hydrogen-bond donors (Lipinski definition) is 1. The molecule has 0 saturated heterocycles. The van der Waals surface area contributed by atoms with Gasteiger partial charge in [0.2, 0.25) is 0 Å². The van der Waals surface area contributed by atoms with Gasteiger partial charge in [0.25, 0.3) is 12.3 Å². The highest BCUT2D eigenvalue weighted by atomic mass is 19.3. The van der Waals surface area contributed by atoms with E-state index in [-0.39, 0.29) is 23.0 Å². The summed E-state index contributed by atoms with van der Waals surface area (Å²) in [6, 6.07) is 8.75. The van der Waals surface area contributed by atoms with E-state index in [4.69, 9.17) is 0 Å². The van der Waals surface area contributed by atoms with Crippen molar-refractivity contribution in [2.75, 3.05) is 5.32 Å². The monoisotopic (exact) mass is 368 g/mol. The number of aryl methyl sites for hydroxylation is 2. The van der Waals surface area contributed by atoms with E-state index in [1.807, 2.05) is 18.2 Å². The lowest BCUT2D eigenvalue weighted by Crippen LogP contribution is -2.13. The predicted octanol–water partition coefficient (Wildman–Crippen LogP) is 4.29. The summed E-state index contributed by atoms with van der Waals surface area (Å²) in [5.41, 5.74) is 4.06. The Balaban J connectivity index is 1.47. The molecule has 5 nitrogen and oxygen atoms in total. The van der Waals surface area contributed by atoms with Gasteiger partial charge in [0.05, 0.1) is 0 Å². The van der Waals surface area contributed by atoms with Crippen LogP contribution in [-0.2, 0) is 12.8 Å². The van der Waals surface area contributed by atoms with Crippen molar-refractivity contribution in [1.82, 2.24) is 14.6 Å². The number of carbonyl (C=O) groups is 1. The Morgan fingerprint density at radius 3 is 2.74 bits per heavy atom. The van der Waals surface area contributed by atoms with E-state index in [0.717, 1.165) is 36.6 Å². The lowest BCUT2D eigenvalue weighted by atomic mass is 10.1. The van der Waals surface area contributed by atoms with Crippen LogP contribution >= 0.6 is 0 Å². The number of halogens is 2. The van der Waals surface area contributed by atoms with Crippen LogP contribution in [0.1, 0.15) is 64.6 Å². The Hall–Kier alpha value is -2.83. The fourth-order valence-electron chi connectivity index (χ4n) is 3.72. The zero-order valence-corrected chi connectivity index (χ0v) is 14.6. The molecule has 2 heterocycles. The predicted molar refractivity (Wildman–Crippen MR) is 96.3 cm³/mol. The largest absolute Gasteiger partial charge is 0.321 e. The molecular formula is C20H18F2N4O. The number of nitrogens with one attached hydrogen (secondary N) is 1. The first kappa shape index (κ1) is 16.4. The molecular weight excluding hydrogens is 350 g/mol. The SMILES string of the molecule is O=C(Nc1ccc2c(c1)CCC2)c1cc2nc(C3CC3)cc(C(F)F)n2n1. The summed E-state index contributed by atoms with van der Waals surface area (Å²) in [4.78, 5) is 17.0. The van der Waals surface area contributed by atoms with Crippen LogP contribution in [0.3, 0.4) is 0 Å². The second-order valence-electron chi connectivity index (χ2n) is 7.27. The number of anilines is 1. The molecule has 3 aromatic rings. The molecule has 0 spiro atoms. The Labute approximate surface area is 154 Å². The number of benzene rings is 1. The molecule has 1 amide bonds. The summed E-state index contributed by atoms with van der Waals surface area (Å²) in [5, 5.41) is 6.90. The number of nitrogens with zero attached hydrogens (tertiary/aromatic N) is 3. The minimum absolute atomic E-state index is 0.0813. The van der Waals surface area contributed by atoms with E-state index < -0.39 is 12.3 Å². The van der Waals surface area contributed by atoms with Crippen molar-refractivity contribution in [3.05, 3.63) is 58.5 Å². The van der Waals surface area contributed by atoms with Gasteiger partial charge in [-0.1, -0.05) is 6.07 Å². The van der Waals surface area contributed by atoms with Gasteiger partial charge in [-0.15, -0.1) is 0 Å². The third kappa shape index (κ3) is 2.97.